The number of aromatic nitrogens is 4. The zero-order valence-corrected chi connectivity index (χ0v) is 13.7. The number of nitrogens with zero attached hydrogens (tertiary/aromatic N) is 4. The molecule has 0 aliphatic heterocycles. The van der Waals surface area contributed by atoms with E-state index in [1.165, 1.54) is 0 Å². The van der Waals surface area contributed by atoms with E-state index in [1.54, 1.807) is 6.20 Å². The van der Waals surface area contributed by atoms with Crippen molar-refractivity contribution < 1.29 is 0 Å². The van der Waals surface area contributed by atoms with Gasteiger partial charge in [-0.25, -0.2) is 4.98 Å². The first kappa shape index (κ1) is 15.3. The molecule has 3 heterocycles. The lowest BCUT2D eigenvalue weighted by Gasteiger charge is -2.13. The molecule has 3 aromatic heterocycles. The third kappa shape index (κ3) is 3.61. The molecule has 3 rings (SSSR count). The van der Waals surface area contributed by atoms with Crippen molar-refractivity contribution in [3.05, 3.63) is 42.4 Å². The van der Waals surface area contributed by atoms with Crippen LogP contribution in [0.3, 0.4) is 0 Å². The summed E-state index contributed by atoms with van der Waals surface area (Å²) in [6, 6.07) is 5.98. The molecule has 0 amide bonds. The number of hydrogen-bond donors (Lipinski definition) is 2. The molecule has 0 bridgehead atoms. The van der Waals surface area contributed by atoms with Gasteiger partial charge in [0.2, 0.25) is 0 Å². The van der Waals surface area contributed by atoms with Gasteiger partial charge in [0, 0.05) is 37.7 Å². The van der Waals surface area contributed by atoms with Gasteiger partial charge in [0.15, 0.2) is 5.65 Å². The molecule has 0 aliphatic rings. The Balaban J connectivity index is 1.87. The minimum Gasteiger partial charge on any atom is -0.370 e. The van der Waals surface area contributed by atoms with Gasteiger partial charge in [0.05, 0.1) is 0 Å². The van der Waals surface area contributed by atoms with E-state index in [0.717, 1.165) is 34.9 Å². The van der Waals surface area contributed by atoms with Crippen LogP contribution in [0.2, 0.25) is 0 Å². The molecule has 0 atom stereocenters. The standard InChI is InChI=1S/C16H21BN6/c1-11(2)7-19-14-6-15(20-9-12-4-3-5-18-8-12)23-16(22-14)13(17)10-21-23/h3-6,8,10-11,20H,7,9,17H2,1-2H3,(H,19,22). The Morgan fingerprint density at radius 1 is 1.26 bits per heavy atom. The molecule has 0 aliphatic carbocycles. The number of rotatable bonds is 6. The second-order valence-electron chi connectivity index (χ2n) is 6.08. The first-order chi connectivity index (χ1) is 11.1. The van der Waals surface area contributed by atoms with Gasteiger partial charge in [-0.05, 0) is 23.0 Å². The number of fused-ring (bicyclic) bond motifs is 1. The molecule has 0 fully saturated rings. The van der Waals surface area contributed by atoms with Crippen LogP contribution in [-0.2, 0) is 6.54 Å². The fourth-order valence-corrected chi connectivity index (χ4v) is 2.29. The highest BCUT2D eigenvalue weighted by atomic mass is 15.3. The first-order valence-corrected chi connectivity index (χ1v) is 7.85. The largest absolute Gasteiger partial charge is 0.370 e. The molecule has 0 saturated heterocycles. The predicted octanol–water partition coefficient (Wildman–Crippen LogP) is 1.06. The predicted molar refractivity (Wildman–Crippen MR) is 96.1 cm³/mol. The topological polar surface area (TPSA) is 67.1 Å². The van der Waals surface area contributed by atoms with E-state index >= 15 is 0 Å². The summed E-state index contributed by atoms with van der Waals surface area (Å²) < 4.78 is 1.84. The van der Waals surface area contributed by atoms with E-state index in [0.29, 0.717) is 12.5 Å². The van der Waals surface area contributed by atoms with Crippen LogP contribution in [0.5, 0.6) is 0 Å². The summed E-state index contributed by atoms with van der Waals surface area (Å²) in [6.07, 6.45) is 5.47. The van der Waals surface area contributed by atoms with Gasteiger partial charge < -0.3 is 10.6 Å². The average molecular weight is 308 g/mol. The molecule has 3 aromatic rings. The summed E-state index contributed by atoms with van der Waals surface area (Å²) in [5.74, 6) is 2.34. The first-order valence-electron chi connectivity index (χ1n) is 7.85. The second-order valence-corrected chi connectivity index (χ2v) is 6.08. The lowest BCUT2D eigenvalue weighted by Crippen LogP contribution is -2.13. The average Bonchev–Trinajstić information content (AvgIpc) is 2.93. The van der Waals surface area contributed by atoms with Gasteiger partial charge >= 0.3 is 0 Å². The smallest absolute Gasteiger partial charge is 0.153 e. The van der Waals surface area contributed by atoms with Crippen molar-refractivity contribution in [3.63, 3.8) is 0 Å². The highest BCUT2D eigenvalue weighted by molar-refractivity contribution is 6.36. The lowest BCUT2D eigenvalue weighted by molar-refractivity contribution is 0.687. The highest BCUT2D eigenvalue weighted by Crippen LogP contribution is 2.16. The van der Waals surface area contributed by atoms with Crippen LogP contribution in [-0.4, -0.2) is 34.0 Å². The SMILES string of the molecule is Bc1cnn2c(NCc3cccnc3)cc(NCC(C)C)nc12. The Morgan fingerprint density at radius 2 is 2.13 bits per heavy atom. The Morgan fingerprint density at radius 3 is 2.87 bits per heavy atom. The van der Waals surface area contributed by atoms with Gasteiger partial charge in [0.1, 0.15) is 19.5 Å². The summed E-state index contributed by atoms with van der Waals surface area (Å²) in [7, 11) is 2.02. The molecule has 7 heteroatoms. The minimum atomic E-state index is 0.561. The van der Waals surface area contributed by atoms with Crippen molar-refractivity contribution >= 4 is 30.6 Å². The van der Waals surface area contributed by atoms with Crippen LogP contribution >= 0.6 is 0 Å². The van der Waals surface area contributed by atoms with Crippen LogP contribution in [0.4, 0.5) is 11.6 Å². The fraction of sp³-hybridized carbons (Fsp3) is 0.312. The number of anilines is 2. The molecule has 0 saturated carbocycles. The summed E-state index contributed by atoms with van der Waals surface area (Å²) in [4.78, 5) is 8.80. The van der Waals surface area contributed by atoms with E-state index < -0.39 is 0 Å². The van der Waals surface area contributed by atoms with Gasteiger partial charge in [0.25, 0.3) is 0 Å². The lowest BCUT2D eigenvalue weighted by atomic mass is 10.0. The fourth-order valence-electron chi connectivity index (χ4n) is 2.29. The maximum absolute atomic E-state index is 4.66. The van der Waals surface area contributed by atoms with E-state index in [4.69, 9.17) is 0 Å². The van der Waals surface area contributed by atoms with Crippen LogP contribution in [0.15, 0.2) is 36.8 Å². The molecule has 2 N–H and O–H groups in total. The number of pyridine rings is 1. The van der Waals surface area contributed by atoms with Crippen molar-refractivity contribution in [2.75, 3.05) is 17.2 Å². The summed E-state index contributed by atoms with van der Waals surface area (Å²) >= 11 is 0. The van der Waals surface area contributed by atoms with Gasteiger partial charge in [-0.15, -0.1) is 0 Å². The normalized spacial score (nSPS) is 11.1. The van der Waals surface area contributed by atoms with Crippen molar-refractivity contribution in [1.29, 1.82) is 0 Å². The molecular weight excluding hydrogens is 287 g/mol. The van der Waals surface area contributed by atoms with Crippen molar-refractivity contribution in [2.45, 2.75) is 20.4 Å². The summed E-state index contributed by atoms with van der Waals surface area (Å²) in [6.45, 7) is 5.93. The summed E-state index contributed by atoms with van der Waals surface area (Å²) in [5, 5.41) is 11.2. The van der Waals surface area contributed by atoms with E-state index in [-0.39, 0.29) is 0 Å². The zero-order valence-electron chi connectivity index (χ0n) is 13.7. The Labute approximate surface area is 136 Å². The number of hydrogen-bond acceptors (Lipinski definition) is 5. The van der Waals surface area contributed by atoms with Crippen molar-refractivity contribution in [2.24, 2.45) is 5.92 Å². The molecule has 0 spiro atoms. The van der Waals surface area contributed by atoms with Gasteiger partial charge in [-0.1, -0.05) is 19.9 Å². The minimum absolute atomic E-state index is 0.561. The van der Waals surface area contributed by atoms with E-state index in [9.17, 15) is 0 Å². The quantitative estimate of drug-likeness (QED) is 0.667. The van der Waals surface area contributed by atoms with Crippen LogP contribution in [0.1, 0.15) is 19.4 Å². The molecule has 0 radical (unpaired) electrons. The molecule has 0 aromatic carbocycles. The maximum atomic E-state index is 4.66. The Hall–Kier alpha value is -2.57. The summed E-state index contributed by atoms with van der Waals surface area (Å²) in [5.41, 5.74) is 3.05. The van der Waals surface area contributed by atoms with Crippen LogP contribution < -0.4 is 16.1 Å². The second kappa shape index (κ2) is 6.68. The molecule has 118 valence electrons. The highest BCUT2D eigenvalue weighted by Gasteiger charge is 2.09. The molecular formula is C16H21BN6. The molecule has 0 unspecified atom stereocenters. The maximum Gasteiger partial charge on any atom is 0.153 e. The molecule has 6 nitrogen and oxygen atoms in total. The number of nitrogens with one attached hydrogen (secondary N) is 2. The molecule has 23 heavy (non-hydrogen) atoms. The Kier molecular flexibility index (Phi) is 4.46. The van der Waals surface area contributed by atoms with Crippen LogP contribution in [0, 0.1) is 5.92 Å². The monoisotopic (exact) mass is 308 g/mol. The van der Waals surface area contributed by atoms with Gasteiger partial charge in [-0.2, -0.15) is 9.61 Å². The van der Waals surface area contributed by atoms with Crippen molar-refractivity contribution in [3.8, 4) is 0 Å². The van der Waals surface area contributed by atoms with Crippen molar-refractivity contribution in [1.82, 2.24) is 19.6 Å². The third-order valence-corrected chi connectivity index (χ3v) is 3.54. The van der Waals surface area contributed by atoms with Crippen LogP contribution in [0.25, 0.3) is 5.65 Å². The Bertz CT molecular complexity index is 784. The van der Waals surface area contributed by atoms with E-state index in [1.807, 2.05) is 43.0 Å². The van der Waals surface area contributed by atoms with Gasteiger partial charge in [-0.3, -0.25) is 4.98 Å². The zero-order chi connectivity index (χ0) is 16.2. The van der Waals surface area contributed by atoms with E-state index in [2.05, 4.69) is 39.5 Å². The third-order valence-electron chi connectivity index (χ3n) is 3.54.